The fourth-order valence-electron chi connectivity index (χ4n) is 1.45. The lowest BCUT2D eigenvalue weighted by Gasteiger charge is -2.03. The van der Waals surface area contributed by atoms with Crippen LogP contribution in [0.5, 0.6) is 0 Å². The number of carbonyl (C=O) groups is 1. The van der Waals surface area contributed by atoms with Crippen LogP contribution in [-0.4, -0.2) is 23.3 Å². The van der Waals surface area contributed by atoms with E-state index < -0.39 is 0 Å². The molecule has 0 aliphatic rings. The predicted octanol–water partition coefficient (Wildman–Crippen LogP) is 2.88. The Morgan fingerprint density at radius 3 is 2.89 bits per heavy atom. The van der Waals surface area contributed by atoms with Crippen LogP contribution < -0.4 is 5.73 Å². The second kappa shape index (κ2) is 8.80. The molecule has 18 heavy (non-hydrogen) atoms. The van der Waals surface area contributed by atoms with E-state index in [1.165, 1.54) is 0 Å². The van der Waals surface area contributed by atoms with Crippen LogP contribution in [0.25, 0.3) is 0 Å². The topological polar surface area (TPSA) is 65.2 Å². The average molecular weight is 268 g/mol. The van der Waals surface area contributed by atoms with Crippen molar-refractivity contribution in [2.24, 2.45) is 0 Å². The molecule has 4 nitrogen and oxygen atoms in total. The van der Waals surface area contributed by atoms with E-state index >= 15 is 0 Å². The van der Waals surface area contributed by atoms with Crippen molar-refractivity contribution in [3.8, 4) is 0 Å². The third kappa shape index (κ3) is 6.49. The number of carbonyl (C=O) groups excluding carboxylic acids is 1. The van der Waals surface area contributed by atoms with Gasteiger partial charge in [-0.3, -0.25) is 4.79 Å². The first-order valence-electron chi connectivity index (χ1n) is 6.22. The largest absolute Gasteiger partial charge is 0.466 e. The Bertz CT molecular complexity index is 355. The number of pyridine rings is 1. The van der Waals surface area contributed by atoms with E-state index in [4.69, 9.17) is 10.5 Å². The van der Waals surface area contributed by atoms with Crippen LogP contribution in [0.15, 0.2) is 23.2 Å². The minimum absolute atomic E-state index is 0.0899. The van der Waals surface area contributed by atoms with Gasteiger partial charge >= 0.3 is 5.97 Å². The molecule has 0 spiro atoms. The van der Waals surface area contributed by atoms with Gasteiger partial charge in [0.05, 0.1) is 6.61 Å². The number of ether oxygens (including phenoxy) is 1. The highest BCUT2D eigenvalue weighted by Crippen LogP contribution is 2.19. The molecule has 1 heterocycles. The predicted molar refractivity (Wildman–Crippen MR) is 74.5 cm³/mol. The van der Waals surface area contributed by atoms with Gasteiger partial charge in [-0.2, -0.15) is 0 Å². The van der Waals surface area contributed by atoms with Gasteiger partial charge in [-0.05, 0) is 37.7 Å². The van der Waals surface area contributed by atoms with Crippen molar-refractivity contribution in [3.63, 3.8) is 0 Å². The number of nitrogens with zero attached hydrogens (tertiary/aromatic N) is 1. The Morgan fingerprint density at radius 1 is 1.39 bits per heavy atom. The fraction of sp³-hybridized carbons (Fsp3) is 0.538. The summed E-state index contributed by atoms with van der Waals surface area (Å²) >= 11 is 1.76. The van der Waals surface area contributed by atoms with Gasteiger partial charge in [0, 0.05) is 17.5 Å². The quantitative estimate of drug-likeness (QED) is 0.446. The molecule has 0 bridgehead atoms. The standard InChI is InChI=1S/C13H20N2O2S/c1-2-17-13(16)6-4-3-5-9-18-11-7-8-12(14)15-10-11/h7-8,10H,2-6,9H2,1H3,(H2,14,15). The lowest BCUT2D eigenvalue weighted by molar-refractivity contribution is -0.143. The molecule has 1 aromatic rings. The number of anilines is 1. The van der Waals surface area contributed by atoms with E-state index in [-0.39, 0.29) is 5.97 Å². The molecule has 0 amide bonds. The summed E-state index contributed by atoms with van der Waals surface area (Å²) < 4.78 is 4.86. The SMILES string of the molecule is CCOC(=O)CCCCCSc1ccc(N)nc1. The van der Waals surface area contributed by atoms with Crippen LogP contribution in [-0.2, 0) is 9.53 Å². The third-order valence-corrected chi connectivity index (χ3v) is 3.43. The maximum atomic E-state index is 11.1. The van der Waals surface area contributed by atoms with Crippen molar-refractivity contribution in [2.75, 3.05) is 18.1 Å². The zero-order chi connectivity index (χ0) is 13.2. The molecule has 0 saturated heterocycles. The number of unbranched alkanes of at least 4 members (excludes halogenated alkanes) is 2. The zero-order valence-corrected chi connectivity index (χ0v) is 11.5. The summed E-state index contributed by atoms with van der Waals surface area (Å²) in [6, 6.07) is 3.79. The van der Waals surface area contributed by atoms with E-state index in [0.717, 1.165) is 29.9 Å². The maximum absolute atomic E-state index is 11.1. The molecular weight excluding hydrogens is 248 g/mol. The molecule has 0 saturated carbocycles. The molecule has 0 fully saturated rings. The van der Waals surface area contributed by atoms with Crippen LogP contribution >= 0.6 is 11.8 Å². The van der Waals surface area contributed by atoms with Crippen LogP contribution in [0.4, 0.5) is 5.82 Å². The Labute approximate surface area is 112 Å². The van der Waals surface area contributed by atoms with Crippen molar-refractivity contribution in [1.82, 2.24) is 4.98 Å². The van der Waals surface area contributed by atoms with Gasteiger partial charge in [0.1, 0.15) is 5.82 Å². The molecule has 0 unspecified atom stereocenters. The highest BCUT2D eigenvalue weighted by molar-refractivity contribution is 7.99. The molecule has 1 rings (SSSR count). The van der Waals surface area contributed by atoms with E-state index in [2.05, 4.69) is 4.98 Å². The van der Waals surface area contributed by atoms with Gasteiger partial charge in [0.15, 0.2) is 0 Å². The summed E-state index contributed by atoms with van der Waals surface area (Å²) in [5, 5.41) is 0. The second-order valence-corrected chi connectivity index (χ2v) is 5.05. The lowest BCUT2D eigenvalue weighted by atomic mass is 10.2. The van der Waals surface area contributed by atoms with Crippen molar-refractivity contribution in [1.29, 1.82) is 0 Å². The molecule has 0 aromatic carbocycles. The molecule has 0 atom stereocenters. The minimum atomic E-state index is -0.0899. The number of hydrogen-bond acceptors (Lipinski definition) is 5. The van der Waals surface area contributed by atoms with Crippen LogP contribution in [0.2, 0.25) is 0 Å². The number of hydrogen-bond donors (Lipinski definition) is 1. The summed E-state index contributed by atoms with van der Waals surface area (Å²) in [6.07, 6.45) is 5.36. The monoisotopic (exact) mass is 268 g/mol. The number of rotatable bonds is 8. The molecule has 0 radical (unpaired) electrons. The highest BCUT2D eigenvalue weighted by atomic mass is 32.2. The third-order valence-electron chi connectivity index (χ3n) is 2.36. The van der Waals surface area contributed by atoms with Gasteiger partial charge < -0.3 is 10.5 Å². The molecule has 1 aromatic heterocycles. The summed E-state index contributed by atoms with van der Waals surface area (Å²) in [7, 11) is 0. The Hall–Kier alpha value is -1.23. The van der Waals surface area contributed by atoms with Gasteiger partial charge in [-0.25, -0.2) is 4.98 Å². The molecule has 0 aliphatic heterocycles. The van der Waals surface area contributed by atoms with Crippen molar-refractivity contribution in [2.45, 2.75) is 37.5 Å². The first kappa shape index (κ1) is 14.8. The lowest BCUT2D eigenvalue weighted by Crippen LogP contribution is -2.03. The summed E-state index contributed by atoms with van der Waals surface area (Å²) in [5.41, 5.74) is 5.51. The smallest absolute Gasteiger partial charge is 0.305 e. The van der Waals surface area contributed by atoms with Gasteiger partial charge in [-0.15, -0.1) is 11.8 Å². The Balaban J connectivity index is 2.02. The second-order valence-electron chi connectivity index (χ2n) is 3.88. The first-order chi connectivity index (χ1) is 8.72. The Morgan fingerprint density at radius 2 is 2.22 bits per heavy atom. The van der Waals surface area contributed by atoms with Crippen LogP contribution in [0.1, 0.15) is 32.6 Å². The van der Waals surface area contributed by atoms with Gasteiger partial charge in [-0.1, -0.05) is 6.42 Å². The molecule has 2 N–H and O–H groups in total. The van der Waals surface area contributed by atoms with Crippen molar-refractivity contribution in [3.05, 3.63) is 18.3 Å². The molecular formula is C13H20N2O2S. The number of nitrogens with two attached hydrogens (primary N) is 1. The molecule has 100 valence electrons. The maximum Gasteiger partial charge on any atom is 0.305 e. The summed E-state index contributed by atoms with van der Waals surface area (Å²) in [6.45, 7) is 2.30. The van der Waals surface area contributed by atoms with E-state index in [9.17, 15) is 4.79 Å². The van der Waals surface area contributed by atoms with Crippen LogP contribution in [0, 0.1) is 0 Å². The number of nitrogen functional groups attached to an aromatic ring is 1. The normalized spacial score (nSPS) is 10.3. The zero-order valence-electron chi connectivity index (χ0n) is 10.7. The van der Waals surface area contributed by atoms with Gasteiger partial charge in [0.2, 0.25) is 0 Å². The minimum Gasteiger partial charge on any atom is -0.466 e. The number of thioether (sulfide) groups is 1. The average Bonchev–Trinajstić information content (AvgIpc) is 2.36. The van der Waals surface area contributed by atoms with Crippen molar-refractivity contribution >= 4 is 23.5 Å². The van der Waals surface area contributed by atoms with E-state index in [1.54, 1.807) is 18.0 Å². The summed E-state index contributed by atoms with van der Waals surface area (Å²) in [4.78, 5) is 16.2. The fourth-order valence-corrected chi connectivity index (χ4v) is 2.32. The number of esters is 1. The van der Waals surface area contributed by atoms with Crippen LogP contribution in [0.3, 0.4) is 0 Å². The highest BCUT2D eigenvalue weighted by Gasteiger charge is 2.01. The van der Waals surface area contributed by atoms with Crippen molar-refractivity contribution < 1.29 is 9.53 Å². The van der Waals surface area contributed by atoms with Gasteiger partial charge in [0.25, 0.3) is 0 Å². The summed E-state index contributed by atoms with van der Waals surface area (Å²) in [5.74, 6) is 1.50. The number of aromatic nitrogens is 1. The Kier molecular flexibility index (Phi) is 7.25. The molecule has 5 heteroatoms. The van der Waals surface area contributed by atoms with E-state index in [1.807, 2.05) is 19.1 Å². The van der Waals surface area contributed by atoms with E-state index in [0.29, 0.717) is 18.8 Å². The molecule has 0 aliphatic carbocycles. The first-order valence-corrected chi connectivity index (χ1v) is 7.21.